The molecule has 1 N–H and O–H groups in total. The smallest absolute Gasteiger partial charge is 0.260 e. The molecule has 0 fully saturated rings. The Balaban J connectivity index is 1.37. The Morgan fingerprint density at radius 3 is 2.47 bits per heavy atom. The lowest BCUT2D eigenvalue weighted by Crippen LogP contribution is -2.22. The first-order valence-corrected chi connectivity index (χ1v) is 10.2. The maximum Gasteiger partial charge on any atom is 0.260 e. The van der Waals surface area contributed by atoms with Crippen molar-refractivity contribution in [2.75, 3.05) is 0 Å². The van der Waals surface area contributed by atoms with Gasteiger partial charge in [-0.2, -0.15) is 10.2 Å². The SMILES string of the molecule is O=C(Cn1cnc2ccccc21)NN=Cc1cn(-c2ccccc2)nc1-c1ccccc1. The zero-order valence-corrected chi connectivity index (χ0v) is 17.2. The summed E-state index contributed by atoms with van der Waals surface area (Å²) < 4.78 is 3.60. The zero-order chi connectivity index (χ0) is 21.8. The molecule has 2 heterocycles. The number of benzene rings is 3. The molecule has 0 radical (unpaired) electrons. The first kappa shape index (κ1) is 19.4. The summed E-state index contributed by atoms with van der Waals surface area (Å²) in [5.74, 6) is -0.235. The Bertz CT molecular complexity index is 1390. The minimum absolute atomic E-state index is 0.132. The second-order valence-corrected chi connectivity index (χ2v) is 7.23. The highest BCUT2D eigenvalue weighted by Gasteiger charge is 2.11. The van der Waals surface area contributed by atoms with E-state index in [-0.39, 0.29) is 12.5 Å². The molecule has 0 saturated heterocycles. The summed E-state index contributed by atoms with van der Waals surface area (Å²) in [4.78, 5) is 16.7. The van der Waals surface area contributed by atoms with Crippen LogP contribution in [0.5, 0.6) is 0 Å². The molecule has 0 atom stereocenters. The summed E-state index contributed by atoms with van der Waals surface area (Å²) in [5.41, 5.74) is 7.86. The Labute approximate surface area is 184 Å². The summed E-state index contributed by atoms with van der Waals surface area (Å²) in [6.45, 7) is 0.132. The lowest BCUT2D eigenvalue weighted by atomic mass is 10.1. The molecule has 0 saturated carbocycles. The second-order valence-electron chi connectivity index (χ2n) is 7.23. The number of hydrogen-bond donors (Lipinski definition) is 1. The Morgan fingerprint density at radius 2 is 1.66 bits per heavy atom. The second kappa shape index (κ2) is 8.69. The van der Waals surface area contributed by atoms with E-state index in [4.69, 9.17) is 5.10 Å². The Hall–Kier alpha value is -4.52. The van der Waals surface area contributed by atoms with Crippen LogP contribution in [0.4, 0.5) is 0 Å². The fourth-order valence-electron chi connectivity index (χ4n) is 3.52. The largest absolute Gasteiger partial charge is 0.321 e. The van der Waals surface area contributed by atoms with Gasteiger partial charge in [0.25, 0.3) is 5.91 Å². The van der Waals surface area contributed by atoms with Crippen molar-refractivity contribution in [2.45, 2.75) is 6.54 Å². The summed E-state index contributed by atoms with van der Waals surface area (Å²) in [5, 5.41) is 8.93. The molecule has 7 heteroatoms. The average Bonchev–Trinajstić information content (AvgIpc) is 3.45. The third kappa shape index (κ3) is 4.04. The molecule has 0 aliphatic carbocycles. The maximum atomic E-state index is 12.4. The normalized spacial score (nSPS) is 11.2. The van der Waals surface area contributed by atoms with Crippen LogP contribution in [0.2, 0.25) is 0 Å². The molecule has 1 amide bonds. The molecule has 0 aliphatic heterocycles. The molecule has 7 nitrogen and oxygen atoms in total. The van der Waals surface area contributed by atoms with Gasteiger partial charge in [0, 0.05) is 17.3 Å². The van der Waals surface area contributed by atoms with Crippen LogP contribution in [0, 0.1) is 0 Å². The van der Waals surface area contributed by atoms with Gasteiger partial charge in [-0.1, -0.05) is 60.7 Å². The molecule has 0 bridgehead atoms. The standard InChI is InChI=1S/C25H20N6O/c32-24(17-30-18-26-22-13-7-8-14-23(22)30)28-27-15-20-16-31(21-11-5-2-6-12-21)29-25(20)19-9-3-1-4-10-19/h1-16,18H,17H2,(H,28,32). The molecule has 2 aromatic heterocycles. The van der Waals surface area contributed by atoms with Gasteiger partial charge in [-0.05, 0) is 24.3 Å². The molecule has 5 aromatic rings. The van der Waals surface area contributed by atoms with Gasteiger partial charge in [-0.3, -0.25) is 4.79 Å². The van der Waals surface area contributed by atoms with Gasteiger partial charge in [0.2, 0.25) is 0 Å². The Kier molecular flexibility index (Phi) is 5.28. The van der Waals surface area contributed by atoms with E-state index in [1.165, 1.54) is 0 Å². The van der Waals surface area contributed by atoms with Crippen molar-refractivity contribution in [1.29, 1.82) is 0 Å². The van der Waals surface area contributed by atoms with Crippen molar-refractivity contribution in [3.8, 4) is 16.9 Å². The van der Waals surface area contributed by atoms with Crippen LogP contribution in [0.1, 0.15) is 5.56 Å². The molecule has 5 rings (SSSR count). The lowest BCUT2D eigenvalue weighted by molar-refractivity contribution is -0.121. The predicted molar refractivity (Wildman–Crippen MR) is 124 cm³/mol. The quantitative estimate of drug-likeness (QED) is 0.333. The van der Waals surface area contributed by atoms with E-state index in [2.05, 4.69) is 15.5 Å². The van der Waals surface area contributed by atoms with E-state index in [9.17, 15) is 4.79 Å². The van der Waals surface area contributed by atoms with Crippen LogP contribution < -0.4 is 5.43 Å². The molecule has 156 valence electrons. The van der Waals surface area contributed by atoms with E-state index in [0.717, 1.165) is 33.5 Å². The molecule has 32 heavy (non-hydrogen) atoms. The first-order chi connectivity index (χ1) is 15.8. The number of aromatic nitrogens is 4. The van der Waals surface area contributed by atoms with Crippen molar-refractivity contribution >= 4 is 23.2 Å². The van der Waals surface area contributed by atoms with Gasteiger partial charge in [0.1, 0.15) is 12.2 Å². The van der Waals surface area contributed by atoms with Crippen LogP contribution in [0.25, 0.3) is 28.0 Å². The number of nitrogens with zero attached hydrogens (tertiary/aromatic N) is 5. The topological polar surface area (TPSA) is 77.1 Å². The van der Waals surface area contributed by atoms with E-state index in [1.54, 1.807) is 17.1 Å². The number of hydrogen-bond acceptors (Lipinski definition) is 4. The number of imidazole rings is 1. The molecule has 3 aromatic carbocycles. The van der Waals surface area contributed by atoms with Crippen LogP contribution in [-0.4, -0.2) is 31.5 Å². The first-order valence-electron chi connectivity index (χ1n) is 10.2. The van der Waals surface area contributed by atoms with Gasteiger partial charge in [-0.15, -0.1) is 0 Å². The fraction of sp³-hybridized carbons (Fsp3) is 0.0400. The van der Waals surface area contributed by atoms with Crippen LogP contribution in [-0.2, 0) is 11.3 Å². The highest BCUT2D eigenvalue weighted by Crippen LogP contribution is 2.22. The van der Waals surface area contributed by atoms with Gasteiger partial charge in [0.05, 0.1) is 29.3 Å². The lowest BCUT2D eigenvalue weighted by Gasteiger charge is -2.03. The van der Waals surface area contributed by atoms with Gasteiger partial charge in [-0.25, -0.2) is 15.1 Å². The number of carbonyl (C=O) groups is 1. The Morgan fingerprint density at radius 1 is 0.938 bits per heavy atom. The molecular weight excluding hydrogens is 400 g/mol. The minimum Gasteiger partial charge on any atom is -0.321 e. The van der Waals surface area contributed by atoms with Crippen LogP contribution >= 0.6 is 0 Å². The highest BCUT2D eigenvalue weighted by atomic mass is 16.2. The van der Waals surface area contributed by atoms with Crippen molar-refractivity contribution < 1.29 is 4.79 Å². The average molecular weight is 420 g/mol. The third-order valence-corrected chi connectivity index (χ3v) is 5.04. The number of carbonyl (C=O) groups excluding carboxylic acids is 1. The molecule has 0 unspecified atom stereocenters. The van der Waals surface area contributed by atoms with Gasteiger partial charge < -0.3 is 4.57 Å². The van der Waals surface area contributed by atoms with E-state index in [1.807, 2.05) is 95.8 Å². The van der Waals surface area contributed by atoms with Crippen LogP contribution in [0.3, 0.4) is 0 Å². The van der Waals surface area contributed by atoms with Crippen molar-refractivity contribution in [1.82, 2.24) is 24.8 Å². The number of fused-ring (bicyclic) bond motifs is 1. The monoisotopic (exact) mass is 420 g/mol. The van der Waals surface area contributed by atoms with Crippen LogP contribution in [0.15, 0.2) is 103 Å². The van der Waals surface area contributed by atoms with Gasteiger partial charge >= 0.3 is 0 Å². The van der Waals surface area contributed by atoms with Crippen molar-refractivity contribution in [3.05, 3.63) is 103 Å². The number of nitrogens with one attached hydrogen (secondary N) is 1. The summed E-state index contributed by atoms with van der Waals surface area (Å²) in [6, 6.07) is 27.5. The minimum atomic E-state index is -0.235. The maximum absolute atomic E-state index is 12.4. The number of rotatable bonds is 6. The zero-order valence-electron chi connectivity index (χ0n) is 17.2. The molecular formula is C25H20N6O. The third-order valence-electron chi connectivity index (χ3n) is 5.04. The predicted octanol–water partition coefficient (Wildman–Crippen LogP) is 4.04. The number of hydrazone groups is 1. The summed E-state index contributed by atoms with van der Waals surface area (Å²) >= 11 is 0. The number of para-hydroxylation sites is 3. The van der Waals surface area contributed by atoms with Gasteiger partial charge in [0.15, 0.2) is 0 Å². The summed E-state index contributed by atoms with van der Waals surface area (Å²) in [7, 11) is 0. The summed E-state index contributed by atoms with van der Waals surface area (Å²) in [6.07, 6.45) is 5.18. The van der Waals surface area contributed by atoms with Crippen molar-refractivity contribution in [3.63, 3.8) is 0 Å². The molecule has 0 spiro atoms. The number of amides is 1. The van der Waals surface area contributed by atoms with Crippen molar-refractivity contribution in [2.24, 2.45) is 5.10 Å². The highest BCUT2D eigenvalue weighted by molar-refractivity contribution is 5.89. The van der Waals surface area contributed by atoms with E-state index in [0.29, 0.717) is 0 Å². The molecule has 0 aliphatic rings. The van der Waals surface area contributed by atoms with E-state index < -0.39 is 0 Å². The van der Waals surface area contributed by atoms with E-state index >= 15 is 0 Å². The fourth-order valence-corrected chi connectivity index (χ4v) is 3.52.